The van der Waals surface area contributed by atoms with Crippen molar-refractivity contribution in [2.45, 2.75) is 57.8 Å². The Balaban J connectivity index is 1.51. The molecular formula is C21H27N3O2. The second-order valence-electron chi connectivity index (χ2n) is 7.31. The first kappa shape index (κ1) is 18.4. The van der Waals surface area contributed by atoms with Gasteiger partial charge >= 0.3 is 0 Å². The molecule has 1 unspecified atom stereocenters. The lowest BCUT2D eigenvalue weighted by atomic mass is 9.72. The molecule has 0 heterocycles. The topological polar surface area (TPSA) is 74.5 Å². The van der Waals surface area contributed by atoms with Crippen LogP contribution < -0.4 is 10.2 Å². The van der Waals surface area contributed by atoms with Gasteiger partial charge in [0.25, 0.3) is 5.91 Å². The number of carbonyl (C=O) groups excluding carboxylic acids is 1. The molecule has 26 heavy (non-hydrogen) atoms. The van der Waals surface area contributed by atoms with Crippen molar-refractivity contribution in [1.29, 1.82) is 5.26 Å². The maximum absolute atomic E-state index is 12.1. The highest BCUT2D eigenvalue weighted by atomic mass is 16.5. The molecule has 138 valence electrons. The summed E-state index contributed by atoms with van der Waals surface area (Å²) in [5, 5.41) is 13.3. The first-order valence-corrected chi connectivity index (χ1v) is 9.74. The maximum atomic E-state index is 12.1. The van der Waals surface area contributed by atoms with Crippen LogP contribution >= 0.6 is 0 Å². The highest BCUT2D eigenvalue weighted by Crippen LogP contribution is 2.36. The zero-order chi connectivity index (χ0) is 18.2. The smallest absolute Gasteiger partial charge is 0.277 e. The molecular weight excluding hydrogens is 326 g/mol. The van der Waals surface area contributed by atoms with Crippen LogP contribution in [0.4, 0.5) is 0 Å². The van der Waals surface area contributed by atoms with Crippen LogP contribution in [0.2, 0.25) is 0 Å². The molecule has 5 heteroatoms. The fourth-order valence-corrected chi connectivity index (χ4v) is 4.15. The van der Waals surface area contributed by atoms with Crippen LogP contribution in [-0.2, 0) is 4.79 Å². The Morgan fingerprint density at radius 3 is 2.58 bits per heavy atom. The molecule has 1 N–H and O–H groups in total. The van der Waals surface area contributed by atoms with Crippen LogP contribution in [0.15, 0.2) is 29.4 Å². The minimum atomic E-state index is -0.241. The molecule has 1 atom stereocenters. The largest absolute Gasteiger partial charge is 0.484 e. The fraction of sp³-hybridized carbons (Fsp3) is 0.571. The monoisotopic (exact) mass is 353 g/mol. The molecule has 2 fully saturated rings. The van der Waals surface area contributed by atoms with Crippen LogP contribution in [0, 0.1) is 23.2 Å². The van der Waals surface area contributed by atoms with E-state index in [9.17, 15) is 4.79 Å². The van der Waals surface area contributed by atoms with Gasteiger partial charge in [-0.15, -0.1) is 0 Å². The van der Waals surface area contributed by atoms with Gasteiger partial charge in [0.15, 0.2) is 6.61 Å². The average Bonchev–Trinajstić information content (AvgIpc) is 2.72. The Morgan fingerprint density at radius 2 is 1.85 bits per heavy atom. The molecule has 0 aliphatic heterocycles. The third kappa shape index (κ3) is 5.08. The molecule has 2 saturated carbocycles. The van der Waals surface area contributed by atoms with Crippen LogP contribution in [0.5, 0.6) is 5.75 Å². The third-order valence-corrected chi connectivity index (χ3v) is 5.52. The Morgan fingerprint density at radius 1 is 1.12 bits per heavy atom. The number of rotatable bonds is 5. The number of benzene rings is 1. The van der Waals surface area contributed by atoms with Gasteiger partial charge in [0.2, 0.25) is 0 Å². The molecule has 0 bridgehead atoms. The minimum absolute atomic E-state index is 0.0726. The molecule has 2 aliphatic carbocycles. The maximum Gasteiger partial charge on any atom is 0.277 e. The number of hydrogen-bond donors (Lipinski definition) is 1. The Labute approximate surface area is 155 Å². The predicted octanol–water partition coefficient (Wildman–Crippen LogP) is 4.18. The van der Waals surface area contributed by atoms with Gasteiger partial charge in [-0.2, -0.15) is 10.4 Å². The van der Waals surface area contributed by atoms with Crippen molar-refractivity contribution in [1.82, 2.24) is 5.43 Å². The molecule has 1 aromatic carbocycles. The van der Waals surface area contributed by atoms with Gasteiger partial charge in [-0.05, 0) is 62.3 Å². The van der Waals surface area contributed by atoms with Crippen molar-refractivity contribution < 1.29 is 9.53 Å². The number of nitrogens with one attached hydrogen (secondary N) is 1. The van der Waals surface area contributed by atoms with Crippen molar-refractivity contribution in [2.75, 3.05) is 6.61 Å². The highest BCUT2D eigenvalue weighted by Gasteiger charge is 2.29. The van der Waals surface area contributed by atoms with E-state index >= 15 is 0 Å². The van der Waals surface area contributed by atoms with E-state index in [1.54, 1.807) is 24.3 Å². The molecule has 5 nitrogen and oxygen atoms in total. The number of amides is 1. The summed E-state index contributed by atoms with van der Waals surface area (Å²) in [6, 6.07) is 8.78. The first-order valence-electron chi connectivity index (χ1n) is 9.74. The second-order valence-corrected chi connectivity index (χ2v) is 7.31. The van der Waals surface area contributed by atoms with Crippen LogP contribution in [0.25, 0.3) is 0 Å². The van der Waals surface area contributed by atoms with E-state index in [1.165, 1.54) is 57.1 Å². The lowest BCUT2D eigenvalue weighted by Crippen LogP contribution is -2.32. The molecule has 1 aromatic rings. The van der Waals surface area contributed by atoms with Gasteiger partial charge in [-0.25, -0.2) is 5.43 Å². The lowest BCUT2D eigenvalue weighted by Gasteiger charge is -2.33. The van der Waals surface area contributed by atoms with Crippen molar-refractivity contribution in [3.8, 4) is 11.8 Å². The van der Waals surface area contributed by atoms with Gasteiger partial charge in [-0.3, -0.25) is 4.79 Å². The number of ether oxygens (including phenoxy) is 1. The zero-order valence-electron chi connectivity index (χ0n) is 15.2. The SMILES string of the molecule is N#Cc1ccc(OCC(=O)NN=C2CCCCC2C2CCCCC2)cc1. The van der Waals surface area contributed by atoms with E-state index in [2.05, 4.69) is 16.6 Å². The molecule has 2 aliphatic rings. The van der Waals surface area contributed by atoms with Crippen molar-refractivity contribution in [3.05, 3.63) is 29.8 Å². The Bertz CT molecular complexity index is 669. The van der Waals surface area contributed by atoms with Gasteiger partial charge in [-0.1, -0.05) is 25.7 Å². The number of hydrogen-bond acceptors (Lipinski definition) is 4. The molecule has 3 rings (SSSR count). The summed E-state index contributed by atoms with van der Waals surface area (Å²) in [6.07, 6.45) is 11.3. The van der Waals surface area contributed by atoms with Crippen LogP contribution in [-0.4, -0.2) is 18.2 Å². The van der Waals surface area contributed by atoms with Gasteiger partial charge < -0.3 is 4.74 Å². The average molecular weight is 353 g/mol. The molecule has 1 amide bonds. The van der Waals surface area contributed by atoms with Crippen molar-refractivity contribution in [3.63, 3.8) is 0 Å². The Hall–Kier alpha value is -2.35. The zero-order valence-corrected chi connectivity index (χ0v) is 15.2. The van der Waals surface area contributed by atoms with E-state index in [4.69, 9.17) is 10.00 Å². The van der Waals surface area contributed by atoms with E-state index < -0.39 is 0 Å². The summed E-state index contributed by atoms with van der Waals surface area (Å²) in [6.45, 7) is -0.0726. The third-order valence-electron chi connectivity index (χ3n) is 5.52. The molecule has 0 radical (unpaired) electrons. The van der Waals surface area contributed by atoms with E-state index in [-0.39, 0.29) is 12.5 Å². The second kappa shape index (κ2) is 9.38. The quantitative estimate of drug-likeness (QED) is 0.807. The van der Waals surface area contributed by atoms with E-state index in [1.807, 2.05) is 0 Å². The van der Waals surface area contributed by atoms with Crippen LogP contribution in [0.1, 0.15) is 63.4 Å². The first-order chi connectivity index (χ1) is 12.8. The summed E-state index contributed by atoms with van der Waals surface area (Å²) in [4.78, 5) is 12.1. The summed E-state index contributed by atoms with van der Waals surface area (Å²) in [7, 11) is 0. The van der Waals surface area contributed by atoms with Crippen molar-refractivity contribution in [2.24, 2.45) is 16.9 Å². The fourth-order valence-electron chi connectivity index (χ4n) is 4.15. The lowest BCUT2D eigenvalue weighted by molar-refractivity contribution is -0.123. The molecule has 0 saturated heterocycles. The van der Waals surface area contributed by atoms with Gasteiger partial charge in [0, 0.05) is 11.6 Å². The van der Waals surface area contributed by atoms with Crippen LogP contribution in [0.3, 0.4) is 0 Å². The highest BCUT2D eigenvalue weighted by molar-refractivity contribution is 5.89. The standard InChI is InChI=1S/C21H27N3O2/c22-14-16-10-12-18(13-11-16)26-15-21(25)24-23-20-9-5-4-8-19(20)17-6-2-1-3-7-17/h10-13,17,19H,1-9,15H2,(H,24,25). The summed E-state index contributed by atoms with van der Waals surface area (Å²) < 4.78 is 5.46. The number of hydrazone groups is 1. The van der Waals surface area contributed by atoms with Gasteiger partial charge in [0.05, 0.1) is 11.6 Å². The number of nitriles is 1. The van der Waals surface area contributed by atoms with E-state index in [0.717, 1.165) is 12.3 Å². The summed E-state index contributed by atoms with van der Waals surface area (Å²) in [5.74, 6) is 1.62. The minimum Gasteiger partial charge on any atom is -0.484 e. The predicted molar refractivity (Wildman–Crippen MR) is 101 cm³/mol. The molecule has 0 aromatic heterocycles. The number of carbonyl (C=O) groups is 1. The van der Waals surface area contributed by atoms with Crippen molar-refractivity contribution >= 4 is 11.6 Å². The summed E-state index contributed by atoms with van der Waals surface area (Å²) in [5.41, 5.74) is 4.43. The normalized spacial score (nSPS) is 22.6. The number of nitrogens with zero attached hydrogens (tertiary/aromatic N) is 2. The Kier molecular flexibility index (Phi) is 6.65. The van der Waals surface area contributed by atoms with E-state index in [0.29, 0.717) is 17.2 Å². The molecule has 0 spiro atoms. The summed E-state index contributed by atoms with van der Waals surface area (Å²) >= 11 is 0. The van der Waals surface area contributed by atoms with Gasteiger partial charge in [0.1, 0.15) is 5.75 Å².